The van der Waals surface area contributed by atoms with E-state index in [1.807, 2.05) is 55.5 Å². The second-order valence-electron chi connectivity index (χ2n) is 6.43. The largest absolute Gasteiger partial charge is 0.493 e. The minimum Gasteiger partial charge on any atom is -0.493 e. The Kier molecular flexibility index (Phi) is 5.11. The molecule has 0 fully saturated rings. The molecule has 0 atom stereocenters. The van der Waals surface area contributed by atoms with Gasteiger partial charge in [-0.25, -0.2) is 4.98 Å². The SMILES string of the molecule is COc1ccccc1OCC(=O)Nc1cc(C)nn1-c1ccc2ccccc2n1. The topological polar surface area (TPSA) is 78.3 Å². The van der Waals surface area contributed by atoms with Gasteiger partial charge in [-0.15, -0.1) is 0 Å². The molecule has 2 aromatic carbocycles. The van der Waals surface area contributed by atoms with E-state index in [9.17, 15) is 4.79 Å². The van der Waals surface area contributed by atoms with Crippen molar-refractivity contribution in [1.29, 1.82) is 0 Å². The molecular weight excluding hydrogens is 368 g/mol. The zero-order valence-corrected chi connectivity index (χ0v) is 16.1. The van der Waals surface area contributed by atoms with Crippen LogP contribution in [-0.2, 0) is 4.79 Å². The van der Waals surface area contributed by atoms with Crippen LogP contribution in [0.4, 0.5) is 5.82 Å². The lowest BCUT2D eigenvalue weighted by atomic mass is 10.2. The zero-order valence-electron chi connectivity index (χ0n) is 16.1. The Morgan fingerprint density at radius 2 is 1.79 bits per heavy atom. The summed E-state index contributed by atoms with van der Waals surface area (Å²) in [5.74, 6) is 1.92. The van der Waals surface area contributed by atoms with E-state index in [-0.39, 0.29) is 12.5 Å². The second kappa shape index (κ2) is 8.02. The van der Waals surface area contributed by atoms with Gasteiger partial charge in [0, 0.05) is 11.5 Å². The molecule has 0 saturated carbocycles. The number of carbonyl (C=O) groups excluding carboxylic acids is 1. The summed E-state index contributed by atoms with van der Waals surface area (Å²) < 4.78 is 12.4. The van der Waals surface area contributed by atoms with Gasteiger partial charge in [0.05, 0.1) is 18.3 Å². The molecule has 0 bridgehead atoms. The minimum absolute atomic E-state index is 0.157. The van der Waals surface area contributed by atoms with Crippen molar-refractivity contribution in [2.45, 2.75) is 6.92 Å². The van der Waals surface area contributed by atoms with Crippen LogP contribution < -0.4 is 14.8 Å². The van der Waals surface area contributed by atoms with Crippen LogP contribution in [0.25, 0.3) is 16.7 Å². The summed E-state index contributed by atoms with van der Waals surface area (Å²) in [4.78, 5) is 17.1. The number of nitrogens with one attached hydrogen (secondary N) is 1. The number of methoxy groups -OCH3 is 1. The van der Waals surface area contributed by atoms with Gasteiger partial charge in [0.1, 0.15) is 5.82 Å². The molecule has 4 rings (SSSR count). The minimum atomic E-state index is -0.308. The Hall–Kier alpha value is -3.87. The van der Waals surface area contributed by atoms with Gasteiger partial charge in [0.15, 0.2) is 23.9 Å². The van der Waals surface area contributed by atoms with Crippen LogP contribution >= 0.6 is 0 Å². The van der Waals surface area contributed by atoms with E-state index in [4.69, 9.17) is 9.47 Å². The number of fused-ring (bicyclic) bond motifs is 1. The van der Waals surface area contributed by atoms with Gasteiger partial charge in [0.2, 0.25) is 0 Å². The van der Waals surface area contributed by atoms with Gasteiger partial charge in [-0.3, -0.25) is 4.79 Å². The van der Waals surface area contributed by atoms with Gasteiger partial charge < -0.3 is 14.8 Å². The number of benzene rings is 2. The van der Waals surface area contributed by atoms with Gasteiger partial charge in [-0.05, 0) is 37.3 Å². The van der Waals surface area contributed by atoms with Gasteiger partial charge in [0.25, 0.3) is 5.91 Å². The predicted octanol–water partition coefficient (Wildman–Crippen LogP) is 3.76. The number of hydrogen-bond acceptors (Lipinski definition) is 5. The summed E-state index contributed by atoms with van der Waals surface area (Å²) in [5.41, 5.74) is 1.62. The molecule has 0 radical (unpaired) electrons. The summed E-state index contributed by atoms with van der Waals surface area (Å²) in [7, 11) is 1.56. The predicted molar refractivity (Wildman–Crippen MR) is 111 cm³/mol. The molecule has 2 heterocycles. The van der Waals surface area contributed by atoms with E-state index in [1.165, 1.54) is 0 Å². The monoisotopic (exact) mass is 388 g/mol. The molecule has 0 aliphatic rings. The number of anilines is 1. The standard InChI is InChI=1S/C22H20N4O3/c1-15-13-21(24-22(27)14-29-19-10-6-5-9-18(19)28-2)26(25-15)20-12-11-16-7-3-4-8-17(16)23-20/h3-13H,14H2,1-2H3,(H,24,27). The number of amides is 1. The van der Waals surface area contributed by atoms with Crippen LogP contribution in [0, 0.1) is 6.92 Å². The first kappa shape index (κ1) is 18.5. The highest BCUT2D eigenvalue weighted by atomic mass is 16.5. The molecule has 0 aliphatic heterocycles. The van der Waals surface area contributed by atoms with Crippen LogP contribution in [0.2, 0.25) is 0 Å². The molecule has 0 aliphatic carbocycles. The molecule has 0 spiro atoms. The number of para-hydroxylation sites is 3. The maximum Gasteiger partial charge on any atom is 0.263 e. The average Bonchev–Trinajstić information content (AvgIpc) is 3.12. The fourth-order valence-electron chi connectivity index (χ4n) is 3.00. The van der Waals surface area contributed by atoms with E-state index >= 15 is 0 Å². The maximum atomic E-state index is 12.5. The third-order valence-electron chi connectivity index (χ3n) is 4.33. The Bertz CT molecular complexity index is 1170. The lowest BCUT2D eigenvalue weighted by molar-refractivity contribution is -0.118. The van der Waals surface area contributed by atoms with Crippen LogP contribution in [0.3, 0.4) is 0 Å². The first-order valence-corrected chi connectivity index (χ1v) is 9.12. The summed E-state index contributed by atoms with van der Waals surface area (Å²) in [6.45, 7) is 1.70. The number of ether oxygens (including phenoxy) is 2. The number of pyridine rings is 1. The molecule has 1 amide bonds. The normalized spacial score (nSPS) is 10.7. The van der Waals surface area contributed by atoms with Gasteiger partial charge in [-0.1, -0.05) is 30.3 Å². The number of hydrogen-bond donors (Lipinski definition) is 1. The number of nitrogens with zero attached hydrogens (tertiary/aromatic N) is 3. The number of aryl methyl sites for hydroxylation is 1. The van der Waals surface area contributed by atoms with Crippen molar-refractivity contribution >= 4 is 22.6 Å². The second-order valence-corrected chi connectivity index (χ2v) is 6.43. The van der Waals surface area contributed by atoms with E-state index in [1.54, 1.807) is 30.0 Å². The van der Waals surface area contributed by atoms with E-state index in [0.717, 1.165) is 16.6 Å². The highest BCUT2D eigenvalue weighted by Gasteiger charge is 2.13. The molecule has 0 saturated heterocycles. The Morgan fingerprint density at radius 3 is 2.62 bits per heavy atom. The first-order valence-electron chi connectivity index (χ1n) is 9.12. The summed E-state index contributed by atoms with van der Waals surface area (Å²) >= 11 is 0. The smallest absolute Gasteiger partial charge is 0.263 e. The van der Waals surface area contributed by atoms with Crippen molar-refractivity contribution in [3.63, 3.8) is 0 Å². The fourth-order valence-corrected chi connectivity index (χ4v) is 3.00. The molecule has 146 valence electrons. The lowest BCUT2D eigenvalue weighted by Gasteiger charge is -2.11. The zero-order chi connectivity index (χ0) is 20.2. The fraction of sp³-hybridized carbons (Fsp3) is 0.136. The average molecular weight is 388 g/mol. The van der Waals surface area contributed by atoms with Gasteiger partial charge >= 0.3 is 0 Å². The third-order valence-corrected chi connectivity index (χ3v) is 4.33. The van der Waals surface area contributed by atoms with Crippen LogP contribution in [0.15, 0.2) is 66.7 Å². The van der Waals surface area contributed by atoms with Crippen molar-refractivity contribution in [3.8, 4) is 17.3 Å². The first-order chi connectivity index (χ1) is 14.1. The Morgan fingerprint density at radius 1 is 1.03 bits per heavy atom. The van der Waals surface area contributed by atoms with E-state index in [2.05, 4.69) is 15.4 Å². The van der Waals surface area contributed by atoms with E-state index < -0.39 is 0 Å². The van der Waals surface area contributed by atoms with Crippen LogP contribution in [0.5, 0.6) is 11.5 Å². The van der Waals surface area contributed by atoms with Crippen molar-refractivity contribution in [3.05, 3.63) is 72.4 Å². The quantitative estimate of drug-likeness (QED) is 0.544. The van der Waals surface area contributed by atoms with E-state index in [0.29, 0.717) is 23.1 Å². The van der Waals surface area contributed by atoms with Crippen molar-refractivity contribution in [1.82, 2.24) is 14.8 Å². The molecule has 7 nitrogen and oxygen atoms in total. The van der Waals surface area contributed by atoms with Crippen LogP contribution in [-0.4, -0.2) is 34.4 Å². The summed E-state index contributed by atoms with van der Waals surface area (Å²) in [6.07, 6.45) is 0. The highest BCUT2D eigenvalue weighted by Crippen LogP contribution is 2.25. The number of carbonyl (C=O) groups is 1. The third kappa shape index (κ3) is 4.03. The van der Waals surface area contributed by atoms with Crippen LogP contribution in [0.1, 0.15) is 5.69 Å². The maximum absolute atomic E-state index is 12.5. The molecular formula is C22H20N4O3. The molecule has 7 heteroatoms. The van der Waals surface area contributed by atoms with Crippen molar-refractivity contribution in [2.75, 3.05) is 19.0 Å². The number of aromatic nitrogens is 3. The molecule has 4 aromatic rings. The van der Waals surface area contributed by atoms with Crippen molar-refractivity contribution < 1.29 is 14.3 Å². The molecule has 0 unspecified atom stereocenters. The molecule has 2 aromatic heterocycles. The Labute approximate surface area is 167 Å². The summed E-state index contributed by atoms with van der Waals surface area (Å²) in [6, 6.07) is 20.7. The Balaban J connectivity index is 1.52. The molecule has 1 N–H and O–H groups in total. The number of rotatable bonds is 6. The highest BCUT2D eigenvalue weighted by molar-refractivity contribution is 5.91. The van der Waals surface area contributed by atoms with Crippen molar-refractivity contribution in [2.24, 2.45) is 0 Å². The van der Waals surface area contributed by atoms with Gasteiger partial charge in [-0.2, -0.15) is 9.78 Å². The lowest BCUT2D eigenvalue weighted by Crippen LogP contribution is -2.22. The molecule has 29 heavy (non-hydrogen) atoms. The summed E-state index contributed by atoms with van der Waals surface area (Å²) in [5, 5.41) is 8.34.